The van der Waals surface area contributed by atoms with E-state index in [4.69, 9.17) is 5.73 Å². The van der Waals surface area contributed by atoms with E-state index in [1.165, 1.54) is 0 Å². The van der Waals surface area contributed by atoms with Crippen molar-refractivity contribution in [2.24, 2.45) is 5.73 Å². The van der Waals surface area contributed by atoms with Gasteiger partial charge in [0.1, 0.15) is 5.69 Å². The number of carbonyl (C=O) groups excluding carboxylic acids is 1. The molecule has 94 valence electrons. The lowest BCUT2D eigenvalue weighted by Gasteiger charge is -2.08. The van der Waals surface area contributed by atoms with E-state index in [-0.39, 0.29) is 18.2 Å². The molecule has 0 aliphatic heterocycles. The molecule has 0 bridgehead atoms. The molecule has 0 spiro atoms. The maximum absolute atomic E-state index is 12.2. The van der Waals surface area contributed by atoms with E-state index in [1.807, 2.05) is 0 Å². The maximum atomic E-state index is 12.2. The molecule has 1 rings (SSSR count). The molecule has 1 heterocycles. The minimum atomic E-state index is -4.50. The van der Waals surface area contributed by atoms with Crippen molar-refractivity contribution in [3.8, 4) is 0 Å². The summed E-state index contributed by atoms with van der Waals surface area (Å²) in [6, 6.07) is 1.62. The first-order chi connectivity index (χ1) is 7.80. The number of halogens is 3. The Bertz CT molecular complexity index is 387. The van der Waals surface area contributed by atoms with Gasteiger partial charge in [-0.25, -0.2) is 0 Å². The fraction of sp³-hybridized carbons (Fsp3) is 0.400. The molecule has 1 aromatic heterocycles. The third-order valence-electron chi connectivity index (χ3n) is 1.90. The van der Waals surface area contributed by atoms with Gasteiger partial charge in [0, 0.05) is 18.8 Å². The molecule has 3 N–H and O–H groups in total. The second-order valence-corrected chi connectivity index (χ2v) is 3.62. The zero-order valence-corrected chi connectivity index (χ0v) is 9.08. The van der Waals surface area contributed by atoms with Gasteiger partial charge in [-0.05, 0) is 19.1 Å². The number of hydrogen-bond acceptors (Lipinski definition) is 3. The summed E-state index contributed by atoms with van der Waals surface area (Å²) in [5.74, 6) is -0.497. The number of nitrogens with two attached hydrogens (primary N) is 1. The summed E-state index contributed by atoms with van der Waals surface area (Å²) in [5, 5.41) is 2.47. The predicted molar refractivity (Wildman–Crippen MR) is 55.2 cm³/mol. The minimum absolute atomic E-state index is 0.0682. The van der Waals surface area contributed by atoms with E-state index in [2.05, 4.69) is 10.3 Å². The van der Waals surface area contributed by atoms with Gasteiger partial charge in [-0.3, -0.25) is 9.78 Å². The molecule has 17 heavy (non-hydrogen) atoms. The van der Waals surface area contributed by atoms with Crippen LogP contribution in [0.2, 0.25) is 0 Å². The van der Waals surface area contributed by atoms with Crippen molar-refractivity contribution in [2.45, 2.75) is 19.1 Å². The third-order valence-corrected chi connectivity index (χ3v) is 1.90. The Hall–Kier alpha value is -1.63. The van der Waals surface area contributed by atoms with E-state index >= 15 is 0 Å². The topological polar surface area (TPSA) is 68.0 Å². The van der Waals surface area contributed by atoms with Crippen molar-refractivity contribution < 1.29 is 18.0 Å². The number of nitrogens with zero attached hydrogens (tertiary/aromatic N) is 1. The largest absolute Gasteiger partial charge is 0.433 e. The zero-order valence-electron chi connectivity index (χ0n) is 9.08. The van der Waals surface area contributed by atoms with Gasteiger partial charge in [0.15, 0.2) is 0 Å². The van der Waals surface area contributed by atoms with Gasteiger partial charge in [0.2, 0.25) is 0 Å². The summed E-state index contributed by atoms with van der Waals surface area (Å²) >= 11 is 0. The summed E-state index contributed by atoms with van der Waals surface area (Å²) in [6.07, 6.45) is -3.61. The molecule has 1 aromatic rings. The highest BCUT2D eigenvalue weighted by Crippen LogP contribution is 2.27. The summed E-state index contributed by atoms with van der Waals surface area (Å²) < 4.78 is 36.6. The van der Waals surface area contributed by atoms with Crippen LogP contribution < -0.4 is 11.1 Å². The van der Waals surface area contributed by atoms with Crippen LogP contribution in [-0.4, -0.2) is 23.5 Å². The van der Waals surface area contributed by atoms with Crippen LogP contribution in [0.3, 0.4) is 0 Å². The number of hydrogen-bond donors (Lipinski definition) is 2. The van der Waals surface area contributed by atoms with E-state index in [9.17, 15) is 18.0 Å². The van der Waals surface area contributed by atoms with Gasteiger partial charge < -0.3 is 11.1 Å². The lowest BCUT2D eigenvalue weighted by Crippen LogP contribution is -2.35. The van der Waals surface area contributed by atoms with Gasteiger partial charge in [-0.2, -0.15) is 13.2 Å². The van der Waals surface area contributed by atoms with Crippen molar-refractivity contribution in [1.82, 2.24) is 10.3 Å². The summed E-state index contributed by atoms with van der Waals surface area (Å²) in [7, 11) is 0. The molecular weight excluding hydrogens is 235 g/mol. The highest BCUT2D eigenvalue weighted by Gasteiger charge is 2.32. The van der Waals surface area contributed by atoms with Gasteiger partial charge in [0.05, 0.1) is 5.56 Å². The Morgan fingerprint density at radius 2 is 2.18 bits per heavy atom. The molecule has 1 unspecified atom stereocenters. The number of rotatable bonds is 3. The number of pyridine rings is 1. The van der Waals surface area contributed by atoms with Gasteiger partial charge in [-0.1, -0.05) is 0 Å². The fourth-order valence-electron chi connectivity index (χ4n) is 1.05. The van der Waals surface area contributed by atoms with Crippen molar-refractivity contribution >= 4 is 5.91 Å². The maximum Gasteiger partial charge on any atom is 0.433 e. The molecular formula is C10H12F3N3O. The van der Waals surface area contributed by atoms with E-state index in [1.54, 1.807) is 6.92 Å². The van der Waals surface area contributed by atoms with Gasteiger partial charge in [0.25, 0.3) is 5.91 Å². The molecule has 0 radical (unpaired) electrons. The van der Waals surface area contributed by atoms with Crippen LogP contribution in [0.25, 0.3) is 0 Å². The first-order valence-electron chi connectivity index (χ1n) is 4.87. The van der Waals surface area contributed by atoms with Gasteiger partial charge >= 0.3 is 6.18 Å². The second kappa shape index (κ2) is 5.13. The molecule has 1 atom stereocenters. The van der Waals surface area contributed by atoms with Crippen molar-refractivity contribution in [2.75, 3.05) is 6.54 Å². The predicted octanol–water partition coefficient (Wildman–Crippen LogP) is 1.18. The first-order valence-corrected chi connectivity index (χ1v) is 4.87. The fourth-order valence-corrected chi connectivity index (χ4v) is 1.05. The lowest BCUT2D eigenvalue weighted by molar-refractivity contribution is -0.141. The molecule has 1 amide bonds. The average Bonchev–Trinajstić information content (AvgIpc) is 2.25. The molecule has 0 aromatic carbocycles. The smallest absolute Gasteiger partial charge is 0.350 e. The Morgan fingerprint density at radius 1 is 1.53 bits per heavy atom. The average molecular weight is 247 g/mol. The highest BCUT2D eigenvalue weighted by molar-refractivity contribution is 5.93. The number of amides is 1. The molecule has 0 aliphatic carbocycles. The molecule has 0 saturated carbocycles. The Labute approximate surface area is 96.0 Å². The van der Waals surface area contributed by atoms with Crippen molar-refractivity contribution in [3.05, 3.63) is 29.6 Å². The van der Waals surface area contributed by atoms with E-state index in [0.29, 0.717) is 0 Å². The van der Waals surface area contributed by atoms with Crippen molar-refractivity contribution in [1.29, 1.82) is 0 Å². The zero-order chi connectivity index (χ0) is 13.1. The Kier molecular flexibility index (Phi) is 4.06. The highest BCUT2D eigenvalue weighted by atomic mass is 19.4. The second-order valence-electron chi connectivity index (χ2n) is 3.62. The summed E-state index contributed by atoms with van der Waals surface area (Å²) in [4.78, 5) is 14.6. The SMILES string of the molecule is CC(N)CNC(=O)c1ccc(C(F)(F)F)nc1. The summed E-state index contributed by atoms with van der Waals surface area (Å²) in [5.41, 5.74) is 4.46. The summed E-state index contributed by atoms with van der Waals surface area (Å²) in [6.45, 7) is 1.95. The molecule has 0 saturated heterocycles. The normalized spacial score (nSPS) is 13.2. The quantitative estimate of drug-likeness (QED) is 0.842. The molecule has 0 fully saturated rings. The van der Waals surface area contributed by atoms with Crippen LogP contribution >= 0.6 is 0 Å². The standard InChI is InChI=1S/C10H12F3N3O/c1-6(14)4-16-9(17)7-2-3-8(15-5-7)10(11,12)13/h2-3,5-6H,4,14H2,1H3,(H,16,17). The lowest BCUT2D eigenvalue weighted by atomic mass is 10.2. The number of alkyl halides is 3. The number of nitrogens with one attached hydrogen (secondary N) is 1. The Balaban J connectivity index is 2.71. The third kappa shape index (κ3) is 4.03. The van der Waals surface area contributed by atoms with Crippen LogP contribution in [0.1, 0.15) is 23.0 Å². The van der Waals surface area contributed by atoms with E-state index in [0.717, 1.165) is 18.3 Å². The van der Waals surface area contributed by atoms with Crippen LogP contribution in [-0.2, 0) is 6.18 Å². The van der Waals surface area contributed by atoms with Crippen LogP contribution in [0.5, 0.6) is 0 Å². The Morgan fingerprint density at radius 3 is 2.59 bits per heavy atom. The van der Waals surface area contributed by atoms with Crippen LogP contribution in [0, 0.1) is 0 Å². The molecule has 7 heteroatoms. The van der Waals surface area contributed by atoms with Crippen LogP contribution in [0.4, 0.5) is 13.2 Å². The van der Waals surface area contributed by atoms with Crippen molar-refractivity contribution in [3.63, 3.8) is 0 Å². The first kappa shape index (κ1) is 13.4. The molecule has 0 aliphatic rings. The number of aromatic nitrogens is 1. The van der Waals surface area contributed by atoms with Crippen LogP contribution in [0.15, 0.2) is 18.3 Å². The molecule has 4 nitrogen and oxygen atoms in total. The monoisotopic (exact) mass is 247 g/mol. The number of carbonyl (C=O) groups is 1. The minimum Gasteiger partial charge on any atom is -0.350 e. The van der Waals surface area contributed by atoms with E-state index < -0.39 is 17.8 Å². The van der Waals surface area contributed by atoms with Gasteiger partial charge in [-0.15, -0.1) is 0 Å².